The minimum atomic E-state index is -0.229. The Morgan fingerprint density at radius 3 is 2.51 bits per heavy atom. The monoisotopic (exact) mass is 553 g/mol. The molecule has 2 unspecified atom stereocenters. The number of piperidine rings is 1. The molecule has 3 N–H and O–H groups in total. The highest BCUT2D eigenvalue weighted by atomic mass is 16.5. The molecule has 0 radical (unpaired) electrons. The third-order valence-corrected chi connectivity index (χ3v) is 8.48. The van der Waals surface area contributed by atoms with Crippen molar-refractivity contribution < 1.29 is 14.6 Å². The van der Waals surface area contributed by atoms with E-state index in [0.29, 0.717) is 24.5 Å². The summed E-state index contributed by atoms with van der Waals surface area (Å²) in [6.45, 7) is 7.03. The number of fused-ring (bicyclic) bond motifs is 1. The maximum atomic E-state index is 13.4. The van der Waals surface area contributed by atoms with Crippen LogP contribution in [0.15, 0.2) is 66.7 Å². The van der Waals surface area contributed by atoms with Crippen molar-refractivity contribution in [3.05, 3.63) is 89.1 Å². The van der Waals surface area contributed by atoms with Crippen LogP contribution < -0.4 is 5.73 Å². The number of benzene rings is 3. The van der Waals surface area contributed by atoms with Crippen molar-refractivity contribution in [1.82, 2.24) is 9.47 Å². The number of rotatable bonds is 10. The van der Waals surface area contributed by atoms with Gasteiger partial charge in [-0.15, -0.1) is 0 Å². The maximum Gasteiger partial charge on any atom is 0.224 e. The van der Waals surface area contributed by atoms with Crippen molar-refractivity contribution in [2.45, 2.75) is 64.5 Å². The Kier molecular flexibility index (Phi) is 9.11. The van der Waals surface area contributed by atoms with Gasteiger partial charge < -0.3 is 25.0 Å². The molecule has 2 heterocycles. The highest BCUT2D eigenvalue weighted by molar-refractivity contribution is 5.82. The smallest absolute Gasteiger partial charge is 0.224 e. The summed E-state index contributed by atoms with van der Waals surface area (Å²) in [5.74, 6) is 0.819. The molecular weight excluding hydrogens is 510 g/mol. The van der Waals surface area contributed by atoms with Crippen molar-refractivity contribution >= 4 is 16.8 Å². The number of para-hydroxylation sites is 1. The molecule has 0 saturated carbocycles. The van der Waals surface area contributed by atoms with Crippen LogP contribution in [-0.2, 0) is 22.5 Å². The molecule has 0 spiro atoms. The molecule has 0 bridgehead atoms. The zero-order valence-electron chi connectivity index (χ0n) is 24.6. The molecule has 1 aliphatic heterocycles. The highest BCUT2D eigenvalue weighted by Crippen LogP contribution is 2.33. The van der Waals surface area contributed by atoms with Gasteiger partial charge in [0, 0.05) is 62.9 Å². The number of ether oxygens (including phenoxy) is 1. The number of aromatic hydroxyl groups is 1. The summed E-state index contributed by atoms with van der Waals surface area (Å²) >= 11 is 0. The van der Waals surface area contributed by atoms with Gasteiger partial charge in [-0.1, -0.05) is 42.5 Å². The number of aromatic nitrogens is 1. The third-order valence-electron chi connectivity index (χ3n) is 8.48. The van der Waals surface area contributed by atoms with E-state index in [9.17, 15) is 9.90 Å². The van der Waals surface area contributed by atoms with Gasteiger partial charge in [-0.3, -0.25) is 4.79 Å². The molecule has 1 aliphatic rings. The van der Waals surface area contributed by atoms with E-state index in [1.165, 1.54) is 16.6 Å². The molecular formula is C35H43N3O3. The lowest BCUT2D eigenvalue weighted by Crippen LogP contribution is -2.42. The van der Waals surface area contributed by atoms with E-state index in [0.717, 1.165) is 73.3 Å². The van der Waals surface area contributed by atoms with Gasteiger partial charge in [0.05, 0.1) is 0 Å². The first-order valence-corrected chi connectivity index (χ1v) is 14.8. The van der Waals surface area contributed by atoms with E-state index < -0.39 is 0 Å². The fourth-order valence-electron chi connectivity index (χ4n) is 6.32. The summed E-state index contributed by atoms with van der Waals surface area (Å²) in [5.41, 5.74) is 14.1. The van der Waals surface area contributed by atoms with Crippen molar-refractivity contribution in [2.75, 3.05) is 26.8 Å². The van der Waals surface area contributed by atoms with Gasteiger partial charge >= 0.3 is 0 Å². The molecule has 3 aromatic carbocycles. The number of aryl methyl sites for hydroxylation is 3. The van der Waals surface area contributed by atoms with Crippen LogP contribution in [0.4, 0.5) is 0 Å². The highest BCUT2D eigenvalue weighted by Gasteiger charge is 2.28. The Morgan fingerprint density at radius 1 is 1.05 bits per heavy atom. The largest absolute Gasteiger partial charge is 0.507 e. The summed E-state index contributed by atoms with van der Waals surface area (Å²) < 4.78 is 7.75. The number of nitrogens with two attached hydrogens (primary N) is 1. The summed E-state index contributed by atoms with van der Waals surface area (Å²) in [4.78, 5) is 15.4. The number of likely N-dealkylation sites (tertiary alicyclic amines) is 1. The van der Waals surface area contributed by atoms with Crippen molar-refractivity contribution in [1.29, 1.82) is 0 Å². The summed E-state index contributed by atoms with van der Waals surface area (Å²) in [6, 6.07) is 23.0. The lowest BCUT2D eigenvalue weighted by molar-refractivity contribution is -0.132. The Morgan fingerprint density at radius 2 is 1.78 bits per heavy atom. The average Bonchev–Trinajstić information content (AvgIpc) is 3.35. The lowest BCUT2D eigenvalue weighted by Gasteiger charge is -2.34. The molecule has 1 saturated heterocycles. The normalized spacial score (nSPS) is 16.3. The van der Waals surface area contributed by atoms with Gasteiger partial charge in [-0.25, -0.2) is 0 Å². The Hall–Kier alpha value is -3.61. The minimum absolute atomic E-state index is 0.149. The first kappa shape index (κ1) is 28.9. The number of carbonyl (C=O) groups is 1. The Balaban J connectivity index is 1.21. The molecule has 2 atom stereocenters. The quantitative estimate of drug-likeness (QED) is 0.225. The fraction of sp³-hybridized carbons (Fsp3) is 0.400. The topological polar surface area (TPSA) is 80.7 Å². The SMILES string of the molecule is COCCCn1c(C2CCCN(C(=O)CC(N)Cc3ccc(-c4cc(C)c(O)c(C)c4)cc3)C2)cc2ccccc21. The molecule has 6 heteroatoms. The predicted molar refractivity (Wildman–Crippen MR) is 166 cm³/mol. The van der Waals surface area contributed by atoms with Crippen LogP contribution in [0.1, 0.15) is 54.0 Å². The van der Waals surface area contributed by atoms with Crippen LogP contribution in [0.25, 0.3) is 22.0 Å². The van der Waals surface area contributed by atoms with Gasteiger partial charge in [0.1, 0.15) is 5.75 Å². The first-order valence-electron chi connectivity index (χ1n) is 14.8. The number of phenols is 1. The second kappa shape index (κ2) is 12.9. The third kappa shape index (κ3) is 6.66. The standard InChI is InChI=1S/C35H43N3O3/c1-24-18-30(19-25(2)35(24)40)27-13-11-26(12-14-27)20-31(36)22-34(39)37-15-6-9-29(23-37)33-21-28-8-4-5-10-32(28)38(33)16-7-17-41-3/h4-5,8,10-14,18-19,21,29,31,40H,6-7,9,15-17,20,22-23,36H2,1-3H3. The summed E-state index contributed by atoms with van der Waals surface area (Å²) in [5, 5.41) is 11.3. The fourth-order valence-corrected chi connectivity index (χ4v) is 6.32. The van der Waals surface area contributed by atoms with E-state index in [-0.39, 0.29) is 11.9 Å². The van der Waals surface area contributed by atoms with Gasteiger partial charge in [0.15, 0.2) is 0 Å². The molecule has 1 fully saturated rings. The zero-order chi connectivity index (χ0) is 28.9. The number of methoxy groups -OCH3 is 1. The molecule has 5 rings (SSSR count). The van der Waals surface area contributed by atoms with Gasteiger partial charge in [0.2, 0.25) is 5.91 Å². The summed E-state index contributed by atoms with van der Waals surface area (Å²) in [7, 11) is 1.75. The van der Waals surface area contributed by atoms with Gasteiger partial charge in [0.25, 0.3) is 0 Å². The number of hydrogen-bond donors (Lipinski definition) is 2. The van der Waals surface area contributed by atoms with Crippen LogP contribution >= 0.6 is 0 Å². The number of hydrogen-bond acceptors (Lipinski definition) is 4. The molecule has 1 aromatic heterocycles. The van der Waals surface area contributed by atoms with E-state index >= 15 is 0 Å². The Labute approximate surface area is 243 Å². The molecule has 0 aliphatic carbocycles. The number of phenolic OH excluding ortho intramolecular Hbond substituents is 1. The maximum absolute atomic E-state index is 13.4. The molecule has 4 aromatic rings. The van der Waals surface area contributed by atoms with E-state index in [2.05, 4.69) is 59.2 Å². The van der Waals surface area contributed by atoms with Crippen molar-refractivity contribution in [3.8, 4) is 16.9 Å². The first-order chi connectivity index (χ1) is 19.8. The number of amides is 1. The second-order valence-corrected chi connectivity index (χ2v) is 11.6. The summed E-state index contributed by atoms with van der Waals surface area (Å²) in [6.07, 6.45) is 4.06. The number of carbonyl (C=O) groups excluding carboxylic acids is 1. The molecule has 6 nitrogen and oxygen atoms in total. The van der Waals surface area contributed by atoms with E-state index in [1.807, 2.05) is 30.9 Å². The van der Waals surface area contributed by atoms with Crippen LogP contribution in [0.2, 0.25) is 0 Å². The van der Waals surface area contributed by atoms with Gasteiger partial charge in [-0.05, 0) is 97.0 Å². The zero-order valence-corrected chi connectivity index (χ0v) is 24.6. The van der Waals surface area contributed by atoms with Crippen LogP contribution in [0.3, 0.4) is 0 Å². The molecule has 1 amide bonds. The molecule has 216 valence electrons. The van der Waals surface area contributed by atoms with Crippen molar-refractivity contribution in [3.63, 3.8) is 0 Å². The lowest BCUT2D eigenvalue weighted by atomic mass is 9.93. The Bertz CT molecular complexity index is 1470. The van der Waals surface area contributed by atoms with E-state index in [4.69, 9.17) is 10.5 Å². The molecule has 41 heavy (non-hydrogen) atoms. The second-order valence-electron chi connectivity index (χ2n) is 11.6. The van der Waals surface area contributed by atoms with Crippen LogP contribution in [0, 0.1) is 13.8 Å². The predicted octanol–water partition coefficient (Wildman–Crippen LogP) is 6.33. The number of nitrogens with zero attached hydrogens (tertiary/aromatic N) is 2. The minimum Gasteiger partial charge on any atom is -0.507 e. The van der Waals surface area contributed by atoms with Crippen molar-refractivity contribution in [2.24, 2.45) is 5.73 Å². The average molecular weight is 554 g/mol. The van der Waals surface area contributed by atoms with Gasteiger partial charge in [-0.2, -0.15) is 0 Å². The van der Waals surface area contributed by atoms with Crippen LogP contribution in [0.5, 0.6) is 5.75 Å². The van der Waals surface area contributed by atoms with E-state index in [1.54, 1.807) is 7.11 Å². The van der Waals surface area contributed by atoms with Crippen LogP contribution in [-0.4, -0.2) is 53.3 Å².